The molecule has 0 aliphatic heterocycles. The van der Waals surface area contributed by atoms with E-state index in [2.05, 4.69) is 26.0 Å². The van der Waals surface area contributed by atoms with Crippen LogP contribution in [0.4, 0.5) is 4.39 Å². The van der Waals surface area contributed by atoms with Gasteiger partial charge in [-0.3, -0.25) is 4.79 Å². The zero-order chi connectivity index (χ0) is 23.9. The minimum absolute atomic E-state index is 0.259. The number of halogens is 2. The van der Waals surface area contributed by atoms with Gasteiger partial charge in [0.15, 0.2) is 5.76 Å². The van der Waals surface area contributed by atoms with Crippen molar-refractivity contribution in [2.45, 2.75) is 0 Å². The van der Waals surface area contributed by atoms with E-state index >= 15 is 0 Å². The standard InChI is InChI=1S/C27H15BrFN3O3/c28-18-8-10-24-17(12-18)14-25(35-24)26-31-22-7-2-1-6-21(22)27(33)32(26)30-15-20-9-11-23(34-20)16-4-3-5-19(29)13-16/h1-15H. The molecule has 0 N–H and O–H groups in total. The molecule has 0 radical (unpaired) electrons. The first-order chi connectivity index (χ1) is 17.0. The molecule has 0 spiro atoms. The second-order valence-corrected chi connectivity index (χ2v) is 8.73. The van der Waals surface area contributed by atoms with Crippen LogP contribution in [0.2, 0.25) is 0 Å². The van der Waals surface area contributed by atoms with Crippen LogP contribution < -0.4 is 5.56 Å². The number of rotatable bonds is 4. The lowest BCUT2D eigenvalue weighted by atomic mass is 10.2. The van der Waals surface area contributed by atoms with E-state index < -0.39 is 0 Å². The summed E-state index contributed by atoms with van der Waals surface area (Å²) >= 11 is 3.46. The van der Waals surface area contributed by atoms with E-state index in [4.69, 9.17) is 8.83 Å². The number of hydrogen-bond donors (Lipinski definition) is 0. The van der Waals surface area contributed by atoms with Crippen molar-refractivity contribution in [1.82, 2.24) is 9.66 Å². The Hall–Kier alpha value is -4.30. The minimum atomic E-state index is -0.356. The largest absolute Gasteiger partial charge is 0.455 e. The van der Waals surface area contributed by atoms with Crippen LogP contribution in [-0.2, 0) is 0 Å². The molecular formula is C27H15BrFN3O3. The molecule has 8 heteroatoms. The van der Waals surface area contributed by atoms with Gasteiger partial charge in [0.1, 0.15) is 22.9 Å². The fourth-order valence-electron chi connectivity index (χ4n) is 3.85. The first-order valence-corrected chi connectivity index (χ1v) is 11.5. The van der Waals surface area contributed by atoms with Crippen molar-refractivity contribution >= 4 is 44.0 Å². The molecule has 35 heavy (non-hydrogen) atoms. The van der Waals surface area contributed by atoms with Gasteiger partial charge in [0.25, 0.3) is 5.56 Å². The zero-order valence-electron chi connectivity index (χ0n) is 18.0. The molecule has 0 amide bonds. The van der Waals surface area contributed by atoms with Crippen molar-refractivity contribution in [3.8, 4) is 22.9 Å². The number of hydrogen-bond acceptors (Lipinski definition) is 5. The minimum Gasteiger partial charge on any atom is -0.455 e. The molecule has 6 nitrogen and oxygen atoms in total. The van der Waals surface area contributed by atoms with Crippen molar-refractivity contribution in [2.75, 3.05) is 0 Å². The highest BCUT2D eigenvalue weighted by molar-refractivity contribution is 9.10. The molecule has 6 rings (SSSR count). The van der Waals surface area contributed by atoms with Crippen molar-refractivity contribution in [3.63, 3.8) is 0 Å². The third-order valence-electron chi connectivity index (χ3n) is 5.49. The fourth-order valence-corrected chi connectivity index (χ4v) is 4.23. The fraction of sp³-hybridized carbons (Fsp3) is 0. The molecular weight excluding hydrogens is 513 g/mol. The van der Waals surface area contributed by atoms with E-state index in [9.17, 15) is 9.18 Å². The van der Waals surface area contributed by atoms with Gasteiger partial charge in [0.05, 0.1) is 17.1 Å². The van der Waals surface area contributed by atoms with E-state index in [-0.39, 0.29) is 17.2 Å². The number of benzene rings is 3. The molecule has 170 valence electrons. The predicted molar refractivity (Wildman–Crippen MR) is 136 cm³/mol. The lowest BCUT2D eigenvalue weighted by Gasteiger charge is -2.06. The summed E-state index contributed by atoms with van der Waals surface area (Å²) in [5, 5.41) is 5.68. The molecule has 3 heterocycles. The van der Waals surface area contributed by atoms with Crippen LogP contribution in [0, 0.1) is 5.82 Å². The normalized spacial score (nSPS) is 11.7. The smallest absolute Gasteiger partial charge is 0.282 e. The van der Waals surface area contributed by atoms with Gasteiger partial charge < -0.3 is 8.83 Å². The number of furan rings is 2. The topological polar surface area (TPSA) is 73.5 Å². The summed E-state index contributed by atoms with van der Waals surface area (Å²) in [4.78, 5) is 18.0. The predicted octanol–water partition coefficient (Wildman–Crippen LogP) is 6.85. The number of aromatic nitrogens is 2. The molecule has 0 aliphatic rings. The van der Waals surface area contributed by atoms with E-state index in [1.165, 1.54) is 23.0 Å². The summed E-state index contributed by atoms with van der Waals surface area (Å²) in [7, 11) is 0. The van der Waals surface area contributed by atoms with Gasteiger partial charge in [0, 0.05) is 15.4 Å². The molecule has 3 aromatic carbocycles. The molecule has 3 aromatic heterocycles. The van der Waals surface area contributed by atoms with Gasteiger partial charge in [-0.25, -0.2) is 9.37 Å². The van der Waals surface area contributed by atoms with Gasteiger partial charge in [-0.1, -0.05) is 40.2 Å². The lowest BCUT2D eigenvalue weighted by Crippen LogP contribution is -2.20. The number of para-hydroxylation sites is 1. The summed E-state index contributed by atoms with van der Waals surface area (Å²) in [6.07, 6.45) is 1.42. The van der Waals surface area contributed by atoms with E-state index in [1.807, 2.05) is 30.3 Å². The van der Waals surface area contributed by atoms with Crippen LogP contribution in [0.5, 0.6) is 0 Å². The van der Waals surface area contributed by atoms with Crippen molar-refractivity contribution in [2.24, 2.45) is 5.10 Å². The number of fused-ring (bicyclic) bond motifs is 2. The monoisotopic (exact) mass is 527 g/mol. The van der Waals surface area contributed by atoms with Crippen LogP contribution in [-0.4, -0.2) is 15.9 Å². The van der Waals surface area contributed by atoms with Crippen LogP contribution in [0.25, 0.3) is 44.8 Å². The maximum Gasteiger partial charge on any atom is 0.282 e. The Morgan fingerprint density at radius 1 is 0.914 bits per heavy atom. The molecule has 0 saturated heterocycles. The summed E-state index contributed by atoms with van der Waals surface area (Å²) in [5.41, 5.74) is 1.45. The van der Waals surface area contributed by atoms with Gasteiger partial charge in [-0.2, -0.15) is 9.78 Å². The maximum absolute atomic E-state index is 13.6. The molecule has 0 bridgehead atoms. The van der Waals surface area contributed by atoms with Gasteiger partial charge >= 0.3 is 0 Å². The quantitative estimate of drug-likeness (QED) is 0.235. The van der Waals surface area contributed by atoms with Crippen molar-refractivity contribution < 1.29 is 13.2 Å². The van der Waals surface area contributed by atoms with Crippen LogP contribution in [0.3, 0.4) is 0 Å². The first kappa shape index (κ1) is 21.2. The van der Waals surface area contributed by atoms with Gasteiger partial charge in [-0.15, -0.1) is 0 Å². The Balaban J connectivity index is 1.47. The summed E-state index contributed by atoms with van der Waals surface area (Å²) in [5.74, 6) is 1.18. The molecule has 0 aliphatic carbocycles. The molecule has 0 saturated carbocycles. The third-order valence-corrected chi connectivity index (χ3v) is 5.98. The van der Waals surface area contributed by atoms with Crippen LogP contribution >= 0.6 is 15.9 Å². The molecule has 6 aromatic rings. The van der Waals surface area contributed by atoms with Crippen LogP contribution in [0.15, 0.2) is 108 Å². The highest BCUT2D eigenvalue weighted by atomic mass is 79.9. The van der Waals surface area contributed by atoms with E-state index in [0.29, 0.717) is 39.3 Å². The second-order valence-electron chi connectivity index (χ2n) is 7.82. The van der Waals surface area contributed by atoms with Crippen molar-refractivity contribution in [1.29, 1.82) is 0 Å². The highest BCUT2D eigenvalue weighted by Crippen LogP contribution is 2.29. The lowest BCUT2D eigenvalue weighted by molar-refractivity contribution is 0.571. The average molecular weight is 528 g/mol. The van der Waals surface area contributed by atoms with E-state index in [1.54, 1.807) is 42.5 Å². The Kier molecular flexibility index (Phi) is 5.15. The maximum atomic E-state index is 13.6. The molecule has 0 unspecified atom stereocenters. The Morgan fingerprint density at radius 2 is 1.80 bits per heavy atom. The average Bonchev–Trinajstić information content (AvgIpc) is 3.50. The van der Waals surface area contributed by atoms with Crippen LogP contribution in [0.1, 0.15) is 5.76 Å². The Bertz CT molecular complexity index is 1820. The Morgan fingerprint density at radius 3 is 2.69 bits per heavy atom. The van der Waals surface area contributed by atoms with E-state index in [0.717, 1.165) is 9.86 Å². The SMILES string of the molecule is O=c1c2ccccc2nc(-c2cc3cc(Br)ccc3o2)n1N=Cc1ccc(-c2cccc(F)c2)o1. The summed E-state index contributed by atoms with van der Waals surface area (Å²) in [6, 6.07) is 24.0. The third kappa shape index (κ3) is 3.98. The Labute approximate surface area is 206 Å². The first-order valence-electron chi connectivity index (χ1n) is 10.7. The zero-order valence-corrected chi connectivity index (χ0v) is 19.6. The van der Waals surface area contributed by atoms with Crippen molar-refractivity contribution in [3.05, 3.63) is 111 Å². The summed E-state index contributed by atoms with van der Waals surface area (Å²) < 4.78 is 27.5. The van der Waals surface area contributed by atoms with Gasteiger partial charge in [-0.05, 0) is 60.7 Å². The molecule has 0 fully saturated rings. The van der Waals surface area contributed by atoms with Gasteiger partial charge in [0.2, 0.25) is 5.82 Å². The number of nitrogens with zero attached hydrogens (tertiary/aromatic N) is 3. The molecule has 0 atom stereocenters. The second kappa shape index (κ2) is 8.48. The summed E-state index contributed by atoms with van der Waals surface area (Å²) in [6.45, 7) is 0. The highest BCUT2D eigenvalue weighted by Gasteiger charge is 2.17.